The van der Waals surface area contributed by atoms with E-state index >= 15 is 0 Å². The lowest BCUT2D eigenvalue weighted by atomic mass is 10.1. The van der Waals surface area contributed by atoms with E-state index in [1.165, 1.54) is 0 Å². The molecule has 7 heteroatoms. The van der Waals surface area contributed by atoms with Crippen molar-refractivity contribution in [2.24, 2.45) is 0 Å². The number of ether oxygens (including phenoxy) is 1. The summed E-state index contributed by atoms with van der Waals surface area (Å²) in [6.07, 6.45) is 1.15. The molecule has 0 radical (unpaired) electrons. The number of benzene rings is 2. The SMILES string of the molecule is COc1ccc(CCC(=O)N2CCN(C(=O)c3cc(C)n(-c4ccccc4)n3)CC2)cc1. The van der Waals surface area contributed by atoms with E-state index in [0.29, 0.717) is 44.7 Å². The minimum absolute atomic E-state index is 0.0897. The van der Waals surface area contributed by atoms with Crippen LogP contribution < -0.4 is 4.74 Å². The van der Waals surface area contributed by atoms with Crippen molar-refractivity contribution in [2.45, 2.75) is 19.8 Å². The number of methoxy groups -OCH3 is 1. The zero-order chi connectivity index (χ0) is 22.5. The fraction of sp³-hybridized carbons (Fsp3) is 0.320. The van der Waals surface area contributed by atoms with E-state index in [1.807, 2.05) is 72.5 Å². The maximum absolute atomic E-state index is 13.0. The first-order chi connectivity index (χ1) is 15.5. The molecule has 0 bridgehead atoms. The maximum atomic E-state index is 13.0. The Morgan fingerprint density at radius 3 is 2.25 bits per heavy atom. The van der Waals surface area contributed by atoms with E-state index in [-0.39, 0.29) is 11.8 Å². The molecule has 2 aromatic carbocycles. The number of hydrogen-bond acceptors (Lipinski definition) is 4. The Kier molecular flexibility index (Phi) is 6.54. The molecule has 1 saturated heterocycles. The fourth-order valence-corrected chi connectivity index (χ4v) is 3.93. The molecule has 4 rings (SSSR count). The Hall–Kier alpha value is -3.61. The summed E-state index contributed by atoms with van der Waals surface area (Å²) in [5, 5.41) is 4.52. The lowest BCUT2D eigenvalue weighted by Gasteiger charge is -2.34. The maximum Gasteiger partial charge on any atom is 0.274 e. The monoisotopic (exact) mass is 432 g/mol. The number of hydrogen-bond donors (Lipinski definition) is 0. The van der Waals surface area contributed by atoms with Gasteiger partial charge in [0.2, 0.25) is 5.91 Å². The van der Waals surface area contributed by atoms with Crippen molar-refractivity contribution in [3.8, 4) is 11.4 Å². The van der Waals surface area contributed by atoms with Crippen LogP contribution in [0.15, 0.2) is 60.7 Å². The van der Waals surface area contributed by atoms with Crippen LogP contribution in [0.25, 0.3) is 5.69 Å². The molecule has 32 heavy (non-hydrogen) atoms. The van der Waals surface area contributed by atoms with Crippen LogP contribution in [0, 0.1) is 6.92 Å². The van der Waals surface area contributed by atoms with Crippen molar-refractivity contribution >= 4 is 11.8 Å². The minimum atomic E-state index is -0.0897. The third-order valence-corrected chi connectivity index (χ3v) is 5.81. The van der Waals surface area contributed by atoms with Gasteiger partial charge in [-0.2, -0.15) is 5.10 Å². The predicted molar refractivity (Wildman–Crippen MR) is 122 cm³/mol. The summed E-state index contributed by atoms with van der Waals surface area (Å²) in [5.74, 6) is 0.842. The lowest BCUT2D eigenvalue weighted by Crippen LogP contribution is -2.50. The normalized spacial score (nSPS) is 13.8. The second-order valence-corrected chi connectivity index (χ2v) is 7.94. The Bertz CT molecular complexity index is 1070. The van der Waals surface area contributed by atoms with Gasteiger partial charge in [-0.15, -0.1) is 0 Å². The topological polar surface area (TPSA) is 67.7 Å². The van der Waals surface area contributed by atoms with Crippen molar-refractivity contribution in [2.75, 3.05) is 33.3 Å². The number of rotatable bonds is 6. The van der Waals surface area contributed by atoms with Gasteiger partial charge in [0, 0.05) is 38.3 Å². The molecule has 1 fully saturated rings. The van der Waals surface area contributed by atoms with Crippen LogP contribution in [0.1, 0.15) is 28.2 Å². The van der Waals surface area contributed by atoms with E-state index in [2.05, 4.69) is 5.10 Å². The smallest absolute Gasteiger partial charge is 0.274 e. The number of nitrogens with zero attached hydrogens (tertiary/aromatic N) is 4. The summed E-state index contributed by atoms with van der Waals surface area (Å²) in [4.78, 5) is 29.2. The number of aromatic nitrogens is 2. The highest BCUT2D eigenvalue weighted by atomic mass is 16.5. The lowest BCUT2D eigenvalue weighted by molar-refractivity contribution is -0.132. The summed E-state index contributed by atoms with van der Waals surface area (Å²) >= 11 is 0. The second-order valence-electron chi connectivity index (χ2n) is 7.94. The number of carbonyl (C=O) groups is 2. The van der Waals surface area contributed by atoms with Gasteiger partial charge in [-0.1, -0.05) is 30.3 Å². The third kappa shape index (κ3) is 4.82. The van der Waals surface area contributed by atoms with Crippen molar-refractivity contribution in [1.82, 2.24) is 19.6 Å². The van der Waals surface area contributed by atoms with E-state index in [4.69, 9.17) is 4.74 Å². The Labute approximate surface area is 188 Å². The van der Waals surface area contributed by atoms with Gasteiger partial charge in [-0.05, 0) is 49.2 Å². The number of aryl methyl sites for hydroxylation is 2. The Morgan fingerprint density at radius 2 is 1.59 bits per heavy atom. The fourth-order valence-electron chi connectivity index (χ4n) is 3.93. The third-order valence-electron chi connectivity index (χ3n) is 5.81. The van der Waals surface area contributed by atoms with Crippen LogP contribution in [0.3, 0.4) is 0 Å². The molecule has 3 aromatic rings. The molecule has 0 saturated carbocycles. The Balaban J connectivity index is 1.30. The van der Waals surface area contributed by atoms with Crippen molar-refractivity contribution in [1.29, 1.82) is 0 Å². The first-order valence-corrected chi connectivity index (χ1v) is 10.9. The minimum Gasteiger partial charge on any atom is -0.497 e. The van der Waals surface area contributed by atoms with E-state index in [1.54, 1.807) is 16.7 Å². The molecule has 2 amide bonds. The first-order valence-electron chi connectivity index (χ1n) is 10.9. The zero-order valence-corrected chi connectivity index (χ0v) is 18.5. The molecule has 0 unspecified atom stereocenters. The van der Waals surface area contributed by atoms with Gasteiger partial charge in [0.15, 0.2) is 5.69 Å². The summed E-state index contributed by atoms with van der Waals surface area (Å²) in [5.41, 5.74) is 3.38. The van der Waals surface area contributed by atoms with Crippen LogP contribution in [0.2, 0.25) is 0 Å². The van der Waals surface area contributed by atoms with E-state index in [0.717, 1.165) is 22.7 Å². The average molecular weight is 433 g/mol. The number of piperazine rings is 1. The molecule has 0 aliphatic carbocycles. The van der Waals surface area contributed by atoms with Crippen molar-refractivity contribution < 1.29 is 14.3 Å². The number of amides is 2. The molecule has 1 aromatic heterocycles. The molecular weight excluding hydrogens is 404 g/mol. The summed E-state index contributed by atoms with van der Waals surface area (Å²) in [7, 11) is 1.64. The highest BCUT2D eigenvalue weighted by molar-refractivity contribution is 5.92. The molecule has 2 heterocycles. The van der Waals surface area contributed by atoms with Crippen molar-refractivity contribution in [3.05, 3.63) is 77.6 Å². The average Bonchev–Trinajstić information content (AvgIpc) is 3.24. The van der Waals surface area contributed by atoms with Crippen LogP contribution in [0.4, 0.5) is 0 Å². The molecule has 1 aliphatic rings. The highest BCUT2D eigenvalue weighted by Crippen LogP contribution is 2.16. The van der Waals surface area contributed by atoms with E-state index in [9.17, 15) is 9.59 Å². The number of para-hydroxylation sites is 1. The largest absolute Gasteiger partial charge is 0.497 e. The Morgan fingerprint density at radius 1 is 0.938 bits per heavy atom. The second kappa shape index (κ2) is 9.68. The highest BCUT2D eigenvalue weighted by Gasteiger charge is 2.26. The van der Waals surface area contributed by atoms with Gasteiger partial charge in [0.1, 0.15) is 5.75 Å². The molecule has 166 valence electrons. The van der Waals surface area contributed by atoms with Gasteiger partial charge in [0.25, 0.3) is 5.91 Å². The molecule has 0 spiro atoms. The van der Waals surface area contributed by atoms with Crippen LogP contribution in [0.5, 0.6) is 5.75 Å². The standard InChI is InChI=1S/C25H28N4O3/c1-19-18-23(26-29(19)21-6-4-3-5-7-21)25(31)28-16-14-27(15-17-28)24(30)13-10-20-8-11-22(32-2)12-9-20/h3-9,11-12,18H,10,13-17H2,1-2H3. The molecule has 0 N–H and O–H groups in total. The van der Waals surface area contributed by atoms with Crippen molar-refractivity contribution in [3.63, 3.8) is 0 Å². The van der Waals surface area contributed by atoms with Gasteiger partial charge in [-0.25, -0.2) is 4.68 Å². The van der Waals surface area contributed by atoms with Gasteiger partial charge >= 0.3 is 0 Å². The van der Waals surface area contributed by atoms with Gasteiger partial charge in [0.05, 0.1) is 12.8 Å². The summed E-state index contributed by atoms with van der Waals surface area (Å²) in [6, 6.07) is 19.4. The zero-order valence-electron chi connectivity index (χ0n) is 18.5. The van der Waals surface area contributed by atoms with Gasteiger partial charge in [-0.3, -0.25) is 9.59 Å². The van der Waals surface area contributed by atoms with E-state index < -0.39 is 0 Å². The first kappa shape index (κ1) is 21.6. The molecule has 1 aliphatic heterocycles. The summed E-state index contributed by atoms with van der Waals surface area (Å²) in [6.45, 7) is 4.07. The van der Waals surface area contributed by atoms with Crippen LogP contribution in [-0.4, -0.2) is 64.7 Å². The molecule has 0 atom stereocenters. The summed E-state index contributed by atoms with van der Waals surface area (Å²) < 4.78 is 6.95. The molecule has 7 nitrogen and oxygen atoms in total. The quantitative estimate of drug-likeness (QED) is 0.600. The molecular formula is C25H28N4O3. The predicted octanol–water partition coefficient (Wildman–Crippen LogP) is 3.11. The number of carbonyl (C=O) groups excluding carboxylic acids is 2. The van der Waals surface area contributed by atoms with Gasteiger partial charge < -0.3 is 14.5 Å². The van der Waals surface area contributed by atoms with Crippen LogP contribution in [-0.2, 0) is 11.2 Å². The van der Waals surface area contributed by atoms with Crippen LogP contribution >= 0.6 is 0 Å².